The smallest absolute Gasteiger partial charge is 0.317 e. The largest absolute Gasteiger partial charge is 0.341 e. The molecule has 0 aromatic heterocycles. The van der Waals surface area contributed by atoms with Crippen molar-refractivity contribution in [2.75, 3.05) is 20.1 Å². The summed E-state index contributed by atoms with van der Waals surface area (Å²) in [4.78, 5) is 13.0. The maximum atomic E-state index is 11.2. The van der Waals surface area contributed by atoms with Crippen LogP contribution in [0.15, 0.2) is 0 Å². The molecule has 0 bridgehead atoms. The zero-order chi connectivity index (χ0) is 9.56. The van der Waals surface area contributed by atoms with Crippen LogP contribution in [0.5, 0.6) is 0 Å². The van der Waals surface area contributed by atoms with Crippen LogP contribution in [0.2, 0.25) is 0 Å². The first-order valence-electron chi connectivity index (χ1n) is 4.32. The number of nitrogens with two attached hydrogens (primary N) is 1. The molecule has 0 saturated carbocycles. The van der Waals surface area contributed by atoms with E-state index in [0.29, 0.717) is 6.54 Å². The van der Waals surface area contributed by atoms with Crippen molar-refractivity contribution >= 4 is 6.03 Å². The van der Waals surface area contributed by atoms with E-state index < -0.39 is 0 Å². The summed E-state index contributed by atoms with van der Waals surface area (Å²) >= 11 is 0. The first kappa shape index (κ1) is 11.2. The van der Waals surface area contributed by atoms with Crippen molar-refractivity contribution in [2.45, 2.75) is 26.3 Å². The molecule has 4 heteroatoms. The SMILES string of the molecule is CNC(=O)N(CCCN)C(C)C. The van der Waals surface area contributed by atoms with Crippen LogP contribution in [0.3, 0.4) is 0 Å². The highest BCUT2D eigenvalue weighted by Crippen LogP contribution is 1.99. The Morgan fingerprint density at radius 2 is 2.17 bits per heavy atom. The summed E-state index contributed by atoms with van der Waals surface area (Å²) in [5, 5.41) is 2.60. The van der Waals surface area contributed by atoms with E-state index in [-0.39, 0.29) is 12.1 Å². The Morgan fingerprint density at radius 1 is 1.58 bits per heavy atom. The van der Waals surface area contributed by atoms with Gasteiger partial charge >= 0.3 is 6.03 Å². The fraction of sp³-hybridized carbons (Fsp3) is 0.875. The lowest BCUT2D eigenvalue weighted by molar-refractivity contribution is 0.185. The van der Waals surface area contributed by atoms with Gasteiger partial charge in [-0.2, -0.15) is 0 Å². The zero-order valence-electron chi connectivity index (χ0n) is 8.13. The van der Waals surface area contributed by atoms with Gasteiger partial charge in [-0.05, 0) is 26.8 Å². The summed E-state index contributed by atoms with van der Waals surface area (Å²) in [5.41, 5.74) is 5.36. The lowest BCUT2D eigenvalue weighted by Crippen LogP contribution is -2.43. The third-order valence-corrected chi connectivity index (χ3v) is 1.70. The van der Waals surface area contributed by atoms with Gasteiger partial charge < -0.3 is 16.0 Å². The molecule has 12 heavy (non-hydrogen) atoms. The Hall–Kier alpha value is -0.770. The molecule has 0 spiro atoms. The van der Waals surface area contributed by atoms with Crippen molar-refractivity contribution in [2.24, 2.45) is 5.73 Å². The summed E-state index contributed by atoms with van der Waals surface area (Å²) in [6, 6.07) is 0.204. The molecular formula is C8H19N3O. The number of urea groups is 1. The molecular weight excluding hydrogens is 154 g/mol. The Kier molecular flexibility index (Phi) is 5.45. The first-order valence-corrected chi connectivity index (χ1v) is 4.32. The van der Waals surface area contributed by atoms with E-state index in [1.807, 2.05) is 13.8 Å². The number of nitrogens with zero attached hydrogens (tertiary/aromatic N) is 1. The average Bonchev–Trinajstić information content (AvgIpc) is 2.04. The highest BCUT2D eigenvalue weighted by atomic mass is 16.2. The van der Waals surface area contributed by atoms with E-state index in [0.717, 1.165) is 13.0 Å². The maximum absolute atomic E-state index is 11.2. The molecule has 0 heterocycles. The predicted octanol–water partition coefficient (Wildman–Crippen LogP) is 0.385. The van der Waals surface area contributed by atoms with Crippen LogP contribution >= 0.6 is 0 Å². The standard InChI is InChI=1S/C8H19N3O/c1-7(2)11(6-4-5-9)8(12)10-3/h7H,4-6,9H2,1-3H3,(H,10,12). The second-order valence-electron chi connectivity index (χ2n) is 2.98. The molecule has 0 aliphatic carbocycles. The molecule has 0 aliphatic rings. The molecule has 0 aliphatic heterocycles. The first-order chi connectivity index (χ1) is 5.63. The highest BCUT2D eigenvalue weighted by Gasteiger charge is 2.13. The lowest BCUT2D eigenvalue weighted by atomic mass is 10.3. The third kappa shape index (κ3) is 3.57. The fourth-order valence-corrected chi connectivity index (χ4v) is 0.999. The van der Waals surface area contributed by atoms with Gasteiger partial charge in [0.15, 0.2) is 0 Å². The minimum atomic E-state index is -0.0292. The number of carbonyl (C=O) groups excluding carboxylic acids is 1. The van der Waals surface area contributed by atoms with Crippen LogP contribution in [-0.4, -0.2) is 37.1 Å². The van der Waals surface area contributed by atoms with Gasteiger partial charge in [0.25, 0.3) is 0 Å². The fourth-order valence-electron chi connectivity index (χ4n) is 0.999. The monoisotopic (exact) mass is 173 g/mol. The van der Waals surface area contributed by atoms with Gasteiger partial charge in [-0.25, -0.2) is 4.79 Å². The van der Waals surface area contributed by atoms with Crippen LogP contribution in [0.4, 0.5) is 4.79 Å². The molecule has 0 atom stereocenters. The van der Waals surface area contributed by atoms with E-state index in [1.54, 1.807) is 11.9 Å². The predicted molar refractivity (Wildman–Crippen MR) is 50.0 cm³/mol. The molecule has 0 fully saturated rings. The summed E-state index contributed by atoms with van der Waals surface area (Å²) in [6.45, 7) is 5.34. The van der Waals surface area contributed by atoms with Crippen LogP contribution in [0.1, 0.15) is 20.3 Å². The molecule has 0 radical (unpaired) electrons. The van der Waals surface area contributed by atoms with E-state index in [9.17, 15) is 4.79 Å². The van der Waals surface area contributed by atoms with Gasteiger partial charge in [0.2, 0.25) is 0 Å². The van der Waals surface area contributed by atoms with E-state index >= 15 is 0 Å². The van der Waals surface area contributed by atoms with Crippen molar-refractivity contribution in [3.8, 4) is 0 Å². The Labute approximate surface area is 74.1 Å². The van der Waals surface area contributed by atoms with E-state index in [2.05, 4.69) is 5.32 Å². The van der Waals surface area contributed by atoms with Crippen LogP contribution < -0.4 is 11.1 Å². The second kappa shape index (κ2) is 5.83. The van der Waals surface area contributed by atoms with Crippen LogP contribution in [0.25, 0.3) is 0 Å². The quantitative estimate of drug-likeness (QED) is 0.646. The molecule has 0 rings (SSSR count). The van der Waals surface area contributed by atoms with Gasteiger partial charge in [0.05, 0.1) is 0 Å². The topological polar surface area (TPSA) is 58.4 Å². The van der Waals surface area contributed by atoms with Crippen LogP contribution in [-0.2, 0) is 0 Å². The van der Waals surface area contributed by atoms with Crippen molar-refractivity contribution in [1.82, 2.24) is 10.2 Å². The number of carbonyl (C=O) groups is 1. The Balaban J connectivity index is 3.95. The summed E-state index contributed by atoms with van der Waals surface area (Å²) in [6.07, 6.45) is 0.853. The summed E-state index contributed by atoms with van der Waals surface area (Å²) < 4.78 is 0. The van der Waals surface area contributed by atoms with Gasteiger partial charge in [-0.15, -0.1) is 0 Å². The molecule has 0 saturated heterocycles. The molecule has 0 unspecified atom stereocenters. The van der Waals surface area contributed by atoms with E-state index in [4.69, 9.17) is 5.73 Å². The molecule has 0 aromatic carbocycles. The average molecular weight is 173 g/mol. The van der Waals surface area contributed by atoms with Gasteiger partial charge in [-0.3, -0.25) is 0 Å². The highest BCUT2D eigenvalue weighted by molar-refractivity contribution is 5.74. The number of nitrogens with one attached hydrogen (secondary N) is 1. The normalized spacial score (nSPS) is 10.1. The van der Waals surface area contributed by atoms with Gasteiger partial charge in [0, 0.05) is 19.6 Å². The number of hydrogen-bond acceptors (Lipinski definition) is 2. The van der Waals surface area contributed by atoms with Crippen molar-refractivity contribution in [3.63, 3.8) is 0 Å². The third-order valence-electron chi connectivity index (χ3n) is 1.70. The number of rotatable bonds is 4. The summed E-state index contributed by atoms with van der Waals surface area (Å²) in [7, 11) is 1.64. The molecule has 4 nitrogen and oxygen atoms in total. The Morgan fingerprint density at radius 3 is 2.50 bits per heavy atom. The zero-order valence-corrected chi connectivity index (χ0v) is 8.13. The van der Waals surface area contributed by atoms with Crippen molar-refractivity contribution in [3.05, 3.63) is 0 Å². The molecule has 3 N–H and O–H groups in total. The molecule has 2 amide bonds. The van der Waals surface area contributed by atoms with Gasteiger partial charge in [0.1, 0.15) is 0 Å². The summed E-state index contributed by atoms with van der Waals surface area (Å²) in [5.74, 6) is 0. The van der Waals surface area contributed by atoms with Crippen LogP contribution in [0, 0.1) is 0 Å². The second-order valence-corrected chi connectivity index (χ2v) is 2.98. The Bertz CT molecular complexity index is 136. The molecule has 72 valence electrons. The lowest BCUT2D eigenvalue weighted by Gasteiger charge is -2.25. The minimum absolute atomic E-state index is 0.0292. The number of hydrogen-bond donors (Lipinski definition) is 2. The van der Waals surface area contributed by atoms with Crippen molar-refractivity contribution < 1.29 is 4.79 Å². The van der Waals surface area contributed by atoms with Gasteiger partial charge in [-0.1, -0.05) is 0 Å². The van der Waals surface area contributed by atoms with E-state index in [1.165, 1.54) is 0 Å². The molecule has 0 aromatic rings. The maximum Gasteiger partial charge on any atom is 0.317 e. The minimum Gasteiger partial charge on any atom is -0.341 e. The number of amides is 2. The van der Waals surface area contributed by atoms with Crippen molar-refractivity contribution in [1.29, 1.82) is 0 Å².